The fraction of sp³-hybridized carbons (Fsp3) is 0.400. The van der Waals surface area contributed by atoms with E-state index in [1.807, 2.05) is 65.8 Å². The molecule has 1 aromatic heterocycles. The van der Waals surface area contributed by atoms with Gasteiger partial charge in [0, 0.05) is 26.9 Å². The third kappa shape index (κ3) is 5.73. The average Bonchev–Trinajstić information content (AvgIpc) is 2.85. The van der Waals surface area contributed by atoms with Crippen molar-refractivity contribution in [2.24, 2.45) is 0 Å². The molecule has 1 heterocycles. The van der Waals surface area contributed by atoms with Gasteiger partial charge in [0.1, 0.15) is 5.76 Å². The van der Waals surface area contributed by atoms with E-state index >= 15 is 0 Å². The maximum atomic E-state index is 9.95. The van der Waals surface area contributed by atoms with Crippen molar-refractivity contribution in [2.45, 2.75) is 46.4 Å². The molecule has 0 aliphatic carbocycles. The molecule has 0 saturated carbocycles. The van der Waals surface area contributed by atoms with E-state index in [0.29, 0.717) is 11.6 Å². The number of anilines is 1. The topological polar surface area (TPSA) is 49.5 Å². The molecule has 1 aromatic carbocycles. The molecule has 21 heavy (non-hydrogen) atoms. The van der Waals surface area contributed by atoms with E-state index in [2.05, 4.69) is 21.1 Å². The van der Waals surface area contributed by atoms with Crippen LogP contribution in [0.3, 0.4) is 0 Å². The van der Waals surface area contributed by atoms with Crippen molar-refractivity contribution in [3.63, 3.8) is 0 Å². The number of hydrogen-bond acceptors (Lipinski definition) is 5. The Hall–Kier alpha value is -0.980. The molecule has 0 spiro atoms. The number of benzene rings is 1. The summed E-state index contributed by atoms with van der Waals surface area (Å²) in [6.07, 6.45) is 0. The van der Waals surface area contributed by atoms with Gasteiger partial charge in [-0.3, -0.25) is 5.21 Å². The van der Waals surface area contributed by atoms with E-state index in [9.17, 15) is 5.21 Å². The molecular weight excluding hydrogens is 352 g/mol. The van der Waals surface area contributed by atoms with Crippen molar-refractivity contribution in [1.82, 2.24) is 5.16 Å². The smallest absolute Gasteiger partial charge is 0.210 e. The Morgan fingerprint density at radius 3 is 2.19 bits per heavy atom. The fourth-order valence-electron chi connectivity index (χ4n) is 1.24. The number of aromatic nitrogens is 1. The van der Waals surface area contributed by atoms with Gasteiger partial charge in [0.25, 0.3) is 0 Å². The van der Waals surface area contributed by atoms with Crippen molar-refractivity contribution in [1.29, 1.82) is 0 Å². The standard InChI is InChI=1S/C11H11BrN2O2S.2C2H6/c1-7-8(2)16-13-11(7)14(15)17-10-6-4-3-5-9(10)12;2*1-2/h3-6,15H,1-2H3;2*1-2H3. The van der Waals surface area contributed by atoms with Crippen LogP contribution >= 0.6 is 27.9 Å². The highest BCUT2D eigenvalue weighted by Crippen LogP contribution is 2.33. The van der Waals surface area contributed by atoms with E-state index in [0.717, 1.165) is 19.4 Å². The minimum Gasteiger partial charge on any atom is -0.359 e. The Balaban J connectivity index is 0.000000921. The summed E-state index contributed by atoms with van der Waals surface area (Å²) in [5, 5.41) is 13.8. The Kier molecular flexibility index (Phi) is 10.2. The molecule has 0 unspecified atom stereocenters. The van der Waals surface area contributed by atoms with Crippen LogP contribution in [0.4, 0.5) is 5.82 Å². The van der Waals surface area contributed by atoms with Gasteiger partial charge < -0.3 is 4.52 Å². The first-order valence-corrected chi connectivity index (χ1v) is 8.50. The van der Waals surface area contributed by atoms with Crippen LogP contribution in [0.25, 0.3) is 0 Å². The summed E-state index contributed by atoms with van der Waals surface area (Å²) in [7, 11) is 0. The molecule has 0 aliphatic heterocycles. The molecule has 0 aliphatic rings. The monoisotopic (exact) mass is 374 g/mol. The van der Waals surface area contributed by atoms with Crippen LogP contribution in [-0.2, 0) is 0 Å². The van der Waals surface area contributed by atoms with Crippen LogP contribution in [0.1, 0.15) is 39.0 Å². The molecule has 2 aromatic rings. The number of hydrogen-bond donors (Lipinski definition) is 1. The Morgan fingerprint density at radius 2 is 1.71 bits per heavy atom. The van der Waals surface area contributed by atoms with Gasteiger partial charge in [-0.1, -0.05) is 45.0 Å². The molecule has 0 amide bonds. The van der Waals surface area contributed by atoms with Crippen molar-refractivity contribution < 1.29 is 9.73 Å². The van der Waals surface area contributed by atoms with Gasteiger partial charge in [-0.15, -0.1) is 0 Å². The summed E-state index contributed by atoms with van der Waals surface area (Å²) < 4.78 is 6.93. The summed E-state index contributed by atoms with van der Waals surface area (Å²) in [4.78, 5) is 0.898. The summed E-state index contributed by atoms with van der Waals surface area (Å²) in [5.41, 5.74) is 0.826. The second kappa shape index (κ2) is 10.7. The van der Waals surface area contributed by atoms with Crippen LogP contribution in [0.2, 0.25) is 0 Å². The predicted octanol–water partition coefficient (Wildman–Crippen LogP) is 6.01. The first-order chi connectivity index (χ1) is 10.1. The summed E-state index contributed by atoms with van der Waals surface area (Å²) >= 11 is 4.59. The number of rotatable bonds is 3. The lowest BCUT2D eigenvalue weighted by molar-refractivity contribution is 0.317. The van der Waals surface area contributed by atoms with Crippen LogP contribution in [0.15, 0.2) is 38.2 Å². The predicted molar refractivity (Wildman–Crippen MR) is 92.9 cm³/mol. The normalized spacial score (nSPS) is 9.14. The van der Waals surface area contributed by atoms with Gasteiger partial charge in [0.2, 0.25) is 5.82 Å². The Morgan fingerprint density at radius 1 is 1.14 bits per heavy atom. The third-order valence-corrected chi connectivity index (χ3v) is 4.19. The molecule has 6 heteroatoms. The molecule has 1 N–H and O–H groups in total. The molecular formula is C15H23BrN2O2S. The molecule has 0 radical (unpaired) electrons. The largest absolute Gasteiger partial charge is 0.359 e. The number of aryl methyl sites for hydroxylation is 1. The molecule has 0 atom stereocenters. The van der Waals surface area contributed by atoms with E-state index in [1.165, 1.54) is 11.9 Å². The first kappa shape index (κ1) is 20.0. The molecule has 0 saturated heterocycles. The van der Waals surface area contributed by atoms with Gasteiger partial charge in [-0.2, -0.15) is 4.47 Å². The molecule has 0 bridgehead atoms. The maximum absolute atomic E-state index is 9.95. The zero-order valence-corrected chi connectivity index (χ0v) is 15.7. The number of halogens is 1. The SMILES string of the molecule is CC.CC.Cc1onc(N(O)Sc2ccccc2Br)c1C. The highest BCUT2D eigenvalue weighted by molar-refractivity contribution is 9.10. The van der Waals surface area contributed by atoms with E-state index < -0.39 is 0 Å². The maximum Gasteiger partial charge on any atom is 0.210 e. The summed E-state index contributed by atoms with van der Waals surface area (Å²) in [5.74, 6) is 1.12. The lowest BCUT2D eigenvalue weighted by atomic mass is 10.3. The lowest BCUT2D eigenvalue weighted by Gasteiger charge is -2.13. The second-order valence-electron chi connectivity index (χ2n) is 3.48. The van der Waals surface area contributed by atoms with E-state index in [-0.39, 0.29) is 0 Å². The van der Waals surface area contributed by atoms with E-state index in [1.54, 1.807) is 0 Å². The summed E-state index contributed by atoms with van der Waals surface area (Å²) in [6.45, 7) is 11.7. The highest BCUT2D eigenvalue weighted by atomic mass is 79.9. The molecule has 0 fully saturated rings. The first-order valence-electron chi connectivity index (χ1n) is 6.94. The minimum atomic E-state index is 0.420. The molecule has 2 rings (SSSR count). The van der Waals surface area contributed by atoms with Crippen LogP contribution in [0, 0.1) is 13.8 Å². The van der Waals surface area contributed by atoms with Crippen LogP contribution < -0.4 is 4.47 Å². The zero-order valence-electron chi connectivity index (χ0n) is 13.3. The molecule has 4 nitrogen and oxygen atoms in total. The van der Waals surface area contributed by atoms with E-state index in [4.69, 9.17) is 4.52 Å². The van der Waals surface area contributed by atoms with Crippen molar-refractivity contribution in [3.8, 4) is 0 Å². The molecule has 118 valence electrons. The van der Waals surface area contributed by atoms with Gasteiger partial charge >= 0.3 is 0 Å². The Bertz CT molecular complexity index is 532. The van der Waals surface area contributed by atoms with Crippen LogP contribution in [0.5, 0.6) is 0 Å². The quantitative estimate of drug-likeness (QED) is 0.526. The van der Waals surface area contributed by atoms with Gasteiger partial charge in [-0.05, 0) is 41.9 Å². The summed E-state index contributed by atoms with van der Waals surface area (Å²) in [6, 6.07) is 7.64. The van der Waals surface area contributed by atoms with Crippen molar-refractivity contribution in [3.05, 3.63) is 40.1 Å². The van der Waals surface area contributed by atoms with Gasteiger partial charge in [0.05, 0.1) is 0 Å². The van der Waals surface area contributed by atoms with Crippen molar-refractivity contribution >= 4 is 33.7 Å². The van der Waals surface area contributed by atoms with Crippen LogP contribution in [-0.4, -0.2) is 10.4 Å². The van der Waals surface area contributed by atoms with Gasteiger partial charge in [-0.25, -0.2) is 0 Å². The fourth-order valence-corrected chi connectivity index (χ4v) is 2.48. The second-order valence-corrected chi connectivity index (χ2v) is 5.30. The Labute approximate surface area is 139 Å². The third-order valence-electron chi connectivity index (χ3n) is 2.34. The lowest BCUT2D eigenvalue weighted by Crippen LogP contribution is -2.09. The van der Waals surface area contributed by atoms with Gasteiger partial charge in [0.15, 0.2) is 0 Å². The number of nitrogens with zero attached hydrogens (tertiary/aromatic N) is 2. The minimum absolute atomic E-state index is 0.420. The van der Waals surface area contributed by atoms with Crippen molar-refractivity contribution in [2.75, 3.05) is 4.47 Å². The average molecular weight is 375 g/mol. The highest BCUT2D eigenvalue weighted by Gasteiger charge is 2.16. The zero-order chi connectivity index (χ0) is 16.4.